The monoisotopic (exact) mass is 457 g/mol. The number of halogens is 4. The summed E-state index contributed by atoms with van der Waals surface area (Å²) in [7, 11) is -4.34. The molecule has 0 aliphatic heterocycles. The van der Waals surface area contributed by atoms with Crippen LogP contribution in [0, 0.1) is 0 Å². The molecule has 1 N–H and O–H groups in total. The highest BCUT2D eigenvalue weighted by Gasteiger charge is 2.32. The number of hydrogen-bond donors (Lipinski definition) is 1. The summed E-state index contributed by atoms with van der Waals surface area (Å²) in [5.41, 5.74) is -0.312. The zero-order chi connectivity index (χ0) is 21.9. The van der Waals surface area contributed by atoms with Crippen molar-refractivity contribution in [3.05, 3.63) is 81.6 Å². The van der Waals surface area contributed by atoms with Gasteiger partial charge in [0, 0.05) is 18.2 Å². The highest BCUT2D eigenvalue weighted by atomic mass is 35.5. The Labute approximate surface area is 175 Å². The zero-order valence-electron chi connectivity index (χ0n) is 15.2. The van der Waals surface area contributed by atoms with E-state index in [1.807, 2.05) is 6.07 Å². The molecule has 0 saturated carbocycles. The number of nitrogens with zero attached hydrogens (tertiary/aromatic N) is 2. The third-order valence-corrected chi connectivity index (χ3v) is 6.04. The summed E-state index contributed by atoms with van der Waals surface area (Å²) in [6, 6.07) is 13.9. The van der Waals surface area contributed by atoms with Crippen LogP contribution in [-0.2, 0) is 22.7 Å². The number of alkyl halides is 3. The Kier molecular flexibility index (Phi) is 6.30. The van der Waals surface area contributed by atoms with E-state index in [1.165, 1.54) is 6.07 Å². The van der Waals surface area contributed by atoms with Crippen molar-refractivity contribution in [3.8, 4) is 11.3 Å². The minimum Gasteiger partial charge on any atom is -0.268 e. The molecule has 2 aromatic carbocycles. The van der Waals surface area contributed by atoms with E-state index >= 15 is 0 Å². The molecule has 0 aliphatic rings. The second-order valence-corrected chi connectivity index (χ2v) is 8.33. The van der Waals surface area contributed by atoms with Gasteiger partial charge in [0.2, 0.25) is 10.0 Å². The van der Waals surface area contributed by atoms with Crippen molar-refractivity contribution in [2.24, 2.45) is 0 Å². The van der Waals surface area contributed by atoms with Crippen molar-refractivity contribution in [1.82, 2.24) is 14.5 Å². The van der Waals surface area contributed by atoms with E-state index in [2.05, 4.69) is 9.82 Å². The summed E-state index contributed by atoms with van der Waals surface area (Å²) < 4.78 is 66.7. The van der Waals surface area contributed by atoms with Gasteiger partial charge in [-0.1, -0.05) is 41.9 Å². The van der Waals surface area contributed by atoms with Crippen molar-refractivity contribution in [2.45, 2.75) is 17.6 Å². The fourth-order valence-electron chi connectivity index (χ4n) is 2.62. The Morgan fingerprint density at radius 3 is 2.40 bits per heavy atom. The predicted molar refractivity (Wildman–Crippen MR) is 106 cm³/mol. The average Bonchev–Trinajstić information content (AvgIpc) is 2.69. The van der Waals surface area contributed by atoms with E-state index in [-0.39, 0.29) is 18.1 Å². The molecular formula is C19H15ClF3N3O3S. The number of aromatic nitrogens is 2. The minimum absolute atomic E-state index is 0.130. The molecule has 3 aromatic rings. The molecule has 3 rings (SSSR count). The van der Waals surface area contributed by atoms with Crippen LogP contribution in [-0.4, -0.2) is 24.7 Å². The largest absolute Gasteiger partial charge is 0.416 e. The van der Waals surface area contributed by atoms with Crippen LogP contribution in [0.5, 0.6) is 0 Å². The second-order valence-electron chi connectivity index (χ2n) is 6.19. The van der Waals surface area contributed by atoms with Crippen molar-refractivity contribution < 1.29 is 21.6 Å². The third kappa shape index (κ3) is 5.07. The lowest BCUT2D eigenvalue weighted by molar-refractivity contribution is -0.137. The highest BCUT2D eigenvalue weighted by molar-refractivity contribution is 7.89. The van der Waals surface area contributed by atoms with E-state index in [0.717, 1.165) is 16.3 Å². The second kappa shape index (κ2) is 8.58. The molecule has 1 heterocycles. The summed E-state index contributed by atoms with van der Waals surface area (Å²) in [6.07, 6.45) is -4.72. The van der Waals surface area contributed by atoms with E-state index in [4.69, 9.17) is 11.6 Å². The van der Waals surface area contributed by atoms with Crippen LogP contribution >= 0.6 is 11.6 Å². The van der Waals surface area contributed by atoms with Crippen molar-refractivity contribution in [1.29, 1.82) is 0 Å². The number of nitrogens with one attached hydrogen (secondary N) is 1. The molecule has 30 heavy (non-hydrogen) atoms. The van der Waals surface area contributed by atoms with Crippen molar-refractivity contribution in [2.75, 3.05) is 6.54 Å². The molecule has 0 spiro atoms. The summed E-state index contributed by atoms with van der Waals surface area (Å²) in [6.45, 7) is -0.407. The first-order chi connectivity index (χ1) is 14.1. The maximum atomic E-state index is 12.9. The molecule has 0 radical (unpaired) electrons. The molecule has 0 saturated heterocycles. The molecule has 0 aliphatic carbocycles. The van der Waals surface area contributed by atoms with Gasteiger partial charge in [0.1, 0.15) is 4.90 Å². The van der Waals surface area contributed by atoms with Crippen molar-refractivity contribution in [3.63, 3.8) is 0 Å². The van der Waals surface area contributed by atoms with Gasteiger partial charge in [-0.15, -0.1) is 0 Å². The van der Waals surface area contributed by atoms with Gasteiger partial charge in [0.25, 0.3) is 5.56 Å². The molecule has 0 unspecified atom stereocenters. The van der Waals surface area contributed by atoms with Crippen LogP contribution in [0.1, 0.15) is 5.56 Å². The normalized spacial score (nSPS) is 12.1. The van der Waals surface area contributed by atoms with E-state index in [0.29, 0.717) is 17.8 Å². The molecule has 0 bridgehead atoms. The molecule has 0 amide bonds. The van der Waals surface area contributed by atoms with Gasteiger partial charge in [-0.3, -0.25) is 4.79 Å². The Hall–Kier alpha value is -2.69. The predicted octanol–water partition coefficient (Wildman–Crippen LogP) is 3.56. The topological polar surface area (TPSA) is 81.1 Å². The van der Waals surface area contributed by atoms with Gasteiger partial charge in [-0.25, -0.2) is 17.8 Å². The van der Waals surface area contributed by atoms with Crippen LogP contribution in [0.4, 0.5) is 13.2 Å². The van der Waals surface area contributed by atoms with Crippen LogP contribution in [0.25, 0.3) is 11.3 Å². The lowest BCUT2D eigenvalue weighted by Gasteiger charge is -2.12. The van der Waals surface area contributed by atoms with Gasteiger partial charge in [-0.05, 0) is 24.3 Å². The van der Waals surface area contributed by atoms with Crippen LogP contribution in [0.15, 0.2) is 70.4 Å². The van der Waals surface area contributed by atoms with Gasteiger partial charge in [0.15, 0.2) is 0 Å². The number of benzene rings is 2. The van der Waals surface area contributed by atoms with E-state index in [1.54, 1.807) is 30.3 Å². The Bertz CT molecular complexity index is 1210. The average molecular weight is 458 g/mol. The first kappa shape index (κ1) is 22.0. The first-order valence-corrected chi connectivity index (χ1v) is 10.4. The van der Waals surface area contributed by atoms with E-state index < -0.39 is 32.2 Å². The lowest BCUT2D eigenvalue weighted by Crippen LogP contribution is -2.32. The molecule has 11 heteroatoms. The summed E-state index contributed by atoms with van der Waals surface area (Å²) in [5, 5.41) is 3.84. The van der Waals surface area contributed by atoms with Gasteiger partial charge < -0.3 is 0 Å². The van der Waals surface area contributed by atoms with E-state index in [9.17, 15) is 26.4 Å². The zero-order valence-corrected chi connectivity index (χ0v) is 16.8. The quantitative estimate of drug-likeness (QED) is 0.613. The van der Waals surface area contributed by atoms with Gasteiger partial charge in [-0.2, -0.15) is 18.3 Å². The number of hydrogen-bond acceptors (Lipinski definition) is 4. The smallest absolute Gasteiger partial charge is 0.268 e. The summed E-state index contributed by atoms with van der Waals surface area (Å²) in [5.74, 6) is 0. The highest BCUT2D eigenvalue weighted by Crippen LogP contribution is 2.33. The molecular weight excluding hydrogens is 443 g/mol. The fraction of sp³-hybridized carbons (Fsp3) is 0.158. The molecule has 6 nitrogen and oxygen atoms in total. The standard InChI is InChI=1S/C19H15ClF3N3O3S/c20-15-7-6-14(19(21,22)23)12-17(15)30(28,29)24-10-11-26-18(27)9-8-16(25-26)13-4-2-1-3-5-13/h1-9,12,24H,10-11H2. The van der Waals surface area contributed by atoms with Crippen LogP contribution in [0.3, 0.4) is 0 Å². The summed E-state index contributed by atoms with van der Waals surface area (Å²) >= 11 is 5.79. The van der Waals surface area contributed by atoms with Crippen molar-refractivity contribution >= 4 is 21.6 Å². The molecule has 1 aromatic heterocycles. The Balaban J connectivity index is 1.78. The molecule has 0 atom stereocenters. The Morgan fingerprint density at radius 1 is 1.03 bits per heavy atom. The SMILES string of the molecule is O=c1ccc(-c2ccccc2)nn1CCNS(=O)(=O)c1cc(C(F)(F)F)ccc1Cl. The maximum Gasteiger partial charge on any atom is 0.416 e. The lowest BCUT2D eigenvalue weighted by atomic mass is 10.1. The Morgan fingerprint density at radius 2 is 1.73 bits per heavy atom. The third-order valence-electron chi connectivity index (χ3n) is 4.10. The maximum absolute atomic E-state index is 12.9. The van der Waals surface area contributed by atoms with Gasteiger partial charge in [0.05, 0.1) is 22.8 Å². The minimum atomic E-state index is -4.72. The molecule has 158 valence electrons. The fourth-order valence-corrected chi connectivity index (χ4v) is 4.17. The van der Waals surface area contributed by atoms with Crippen LogP contribution < -0.4 is 10.3 Å². The number of rotatable bonds is 6. The number of sulfonamides is 1. The molecule has 0 fully saturated rings. The first-order valence-electron chi connectivity index (χ1n) is 8.58. The van der Waals surface area contributed by atoms with Crippen LogP contribution in [0.2, 0.25) is 5.02 Å². The summed E-state index contributed by atoms with van der Waals surface area (Å²) in [4.78, 5) is 11.3. The van der Waals surface area contributed by atoms with Gasteiger partial charge >= 0.3 is 6.18 Å².